The molecule has 0 saturated carbocycles. The van der Waals surface area contributed by atoms with Gasteiger partial charge in [0.2, 0.25) is 17.1 Å². The van der Waals surface area contributed by atoms with E-state index in [1.807, 2.05) is 6.92 Å². The van der Waals surface area contributed by atoms with Gasteiger partial charge in [-0.3, -0.25) is 9.12 Å². The summed E-state index contributed by atoms with van der Waals surface area (Å²) in [6.45, 7) is 2.25. The Hall–Kier alpha value is -4.31. The van der Waals surface area contributed by atoms with Gasteiger partial charge in [0.25, 0.3) is 0 Å². The van der Waals surface area contributed by atoms with E-state index in [0.29, 0.717) is 41.2 Å². The van der Waals surface area contributed by atoms with Crippen LogP contribution < -0.4 is 18.9 Å². The normalized spacial score (nSPS) is 12.7. The fraction of sp³-hybridized carbons (Fsp3) is 0.200. The molecule has 2 N–H and O–H groups in total. The number of ether oxygens (including phenoxy) is 3. The maximum atomic E-state index is 13.6. The average Bonchev–Trinajstić information content (AvgIpc) is 3.33. The topological polar surface area (TPSA) is 159 Å². The lowest BCUT2D eigenvalue weighted by Crippen LogP contribution is -2.27. The van der Waals surface area contributed by atoms with Crippen LogP contribution in [0, 0.1) is 5.82 Å². The van der Waals surface area contributed by atoms with E-state index in [9.17, 15) is 13.2 Å². The summed E-state index contributed by atoms with van der Waals surface area (Å²) < 4.78 is 56.0. The minimum atomic E-state index is -2.56. The number of nitrogens with one attached hydrogen (secondary N) is 1. The predicted octanol–water partition coefficient (Wildman–Crippen LogP) is 3.69. The third-order valence-corrected chi connectivity index (χ3v) is 6.45. The molecule has 5 rings (SSSR count). The number of hydrogen-bond acceptors (Lipinski definition) is 10. The summed E-state index contributed by atoms with van der Waals surface area (Å²) in [7, 11) is 3.00. The number of aromatic nitrogens is 7. The Kier molecular flexibility index (Phi) is 8.30. The van der Waals surface area contributed by atoms with Crippen molar-refractivity contribution in [1.29, 1.82) is 0 Å². The minimum absolute atomic E-state index is 0.0224. The Morgan fingerprint density at radius 3 is 2.37 bits per heavy atom. The molecule has 13 nitrogen and oxygen atoms in total. The predicted molar refractivity (Wildman–Crippen MR) is 147 cm³/mol. The van der Waals surface area contributed by atoms with Crippen molar-refractivity contribution < 1.29 is 27.4 Å². The van der Waals surface area contributed by atoms with Gasteiger partial charge in [-0.25, -0.2) is 38.5 Å². The maximum absolute atomic E-state index is 13.6. The van der Waals surface area contributed by atoms with Crippen LogP contribution in [0.4, 0.5) is 4.39 Å². The monoisotopic (exact) mass is 600 g/mol. The summed E-state index contributed by atoms with van der Waals surface area (Å²) in [5.74, 6) is 0.730. The Bertz CT molecular complexity index is 1720. The van der Waals surface area contributed by atoms with Gasteiger partial charge in [-0.2, -0.15) is 4.72 Å². The second-order valence-corrected chi connectivity index (χ2v) is 9.27. The summed E-state index contributed by atoms with van der Waals surface area (Å²) in [5, 5.41) is -0.160. The van der Waals surface area contributed by atoms with Gasteiger partial charge in [-0.05, 0) is 25.1 Å². The van der Waals surface area contributed by atoms with Gasteiger partial charge >= 0.3 is 0 Å². The van der Waals surface area contributed by atoms with Crippen molar-refractivity contribution in [2.24, 2.45) is 0 Å². The molecule has 0 saturated heterocycles. The first kappa shape index (κ1) is 28.2. The number of imidazole rings is 1. The molecule has 0 aliphatic rings. The molecule has 2 atom stereocenters. The van der Waals surface area contributed by atoms with Crippen LogP contribution in [0.1, 0.15) is 24.5 Å². The summed E-state index contributed by atoms with van der Waals surface area (Å²) in [4.78, 5) is 26.3. The third kappa shape index (κ3) is 5.65. The van der Waals surface area contributed by atoms with E-state index in [2.05, 4.69) is 29.6 Å². The first-order valence-corrected chi connectivity index (χ1v) is 13.4. The number of hydrogen-bond donors (Lipinski definition) is 2. The first-order valence-electron chi connectivity index (χ1n) is 12.0. The minimum Gasteiger partial charge on any atom is -0.494 e. The van der Waals surface area contributed by atoms with Gasteiger partial charge in [0, 0.05) is 6.07 Å². The van der Waals surface area contributed by atoms with E-state index in [1.165, 1.54) is 14.2 Å². The molecule has 212 valence electrons. The van der Waals surface area contributed by atoms with Crippen LogP contribution in [0.2, 0.25) is 5.15 Å². The molecule has 5 aromatic rings. The number of rotatable bonds is 10. The zero-order chi connectivity index (χ0) is 29.1. The molecule has 0 aliphatic carbocycles. The lowest BCUT2D eigenvalue weighted by atomic mass is 10.2. The van der Waals surface area contributed by atoms with Crippen LogP contribution in [0.25, 0.3) is 28.5 Å². The second kappa shape index (κ2) is 12.1. The number of para-hydroxylation sites is 1. The van der Waals surface area contributed by atoms with Gasteiger partial charge in [0.1, 0.15) is 34.6 Å². The molecule has 0 amide bonds. The van der Waals surface area contributed by atoms with Crippen LogP contribution in [0.5, 0.6) is 17.4 Å². The number of pyridine rings is 1. The van der Waals surface area contributed by atoms with Crippen LogP contribution in [-0.4, -0.2) is 64.1 Å². The molecule has 0 bridgehead atoms. The summed E-state index contributed by atoms with van der Waals surface area (Å²) in [5.41, 5.74) is 1.10. The molecule has 0 aliphatic heterocycles. The highest BCUT2D eigenvalue weighted by Crippen LogP contribution is 2.38. The molecule has 0 fully saturated rings. The van der Waals surface area contributed by atoms with Gasteiger partial charge in [0.15, 0.2) is 33.9 Å². The summed E-state index contributed by atoms with van der Waals surface area (Å²) in [6, 6.07) is 9.17. The number of nitrogens with zero attached hydrogens (tertiary/aromatic N) is 7. The van der Waals surface area contributed by atoms with E-state index < -0.39 is 23.1 Å². The van der Waals surface area contributed by atoms with Crippen molar-refractivity contribution >= 4 is 34.2 Å². The van der Waals surface area contributed by atoms with E-state index in [0.717, 1.165) is 12.4 Å². The zero-order valence-corrected chi connectivity index (χ0v) is 23.4. The van der Waals surface area contributed by atoms with Crippen LogP contribution in [0.15, 0.2) is 48.8 Å². The number of benzene rings is 1. The molecule has 41 heavy (non-hydrogen) atoms. The van der Waals surface area contributed by atoms with Crippen LogP contribution in [0.3, 0.4) is 0 Å². The van der Waals surface area contributed by atoms with E-state index in [4.69, 9.17) is 30.8 Å². The van der Waals surface area contributed by atoms with E-state index >= 15 is 0 Å². The lowest BCUT2D eigenvalue weighted by molar-refractivity contribution is 0.327. The quantitative estimate of drug-likeness (QED) is 0.225. The average molecular weight is 601 g/mol. The number of methoxy groups -OCH3 is 2. The van der Waals surface area contributed by atoms with Crippen molar-refractivity contribution in [1.82, 2.24) is 39.2 Å². The second-order valence-electron chi connectivity index (χ2n) is 8.18. The standard InChI is InChI=1S/C25H22ClFN8O5S/c1-4-40-17-10-5-7-14(30-17)24-33-23-25(35(24)20-15(38-2)8-6-9-16(20)39-3)31-18(21(26)32-23)19(34-41(36)37)22-28-11-13(27)12-29-22/h5-12,19,34H,4H2,1-3H3,(H,36,37). The fourth-order valence-corrected chi connectivity index (χ4v) is 4.73. The molecule has 0 radical (unpaired) electrons. The van der Waals surface area contributed by atoms with Crippen molar-refractivity contribution in [3.8, 4) is 34.6 Å². The largest absolute Gasteiger partial charge is 0.494 e. The van der Waals surface area contributed by atoms with Crippen molar-refractivity contribution in [3.63, 3.8) is 0 Å². The Morgan fingerprint density at radius 1 is 1.05 bits per heavy atom. The van der Waals surface area contributed by atoms with Gasteiger partial charge in [-0.15, -0.1) is 0 Å². The maximum Gasteiger partial charge on any atom is 0.232 e. The summed E-state index contributed by atoms with van der Waals surface area (Å²) in [6.07, 6.45) is 1.83. The Balaban J connectivity index is 1.84. The third-order valence-electron chi connectivity index (χ3n) is 5.74. The molecule has 4 aromatic heterocycles. The smallest absolute Gasteiger partial charge is 0.232 e. The van der Waals surface area contributed by atoms with Crippen LogP contribution >= 0.6 is 11.6 Å². The SMILES string of the molecule is CCOc1cccc(-c2nc3nc(Cl)c(C(NS(=O)O)c4ncc(F)cn4)nc3n2-c2c(OC)cccc2OC)n1. The molecule has 1 aromatic carbocycles. The van der Waals surface area contributed by atoms with Crippen molar-refractivity contribution in [2.75, 3.05) is 20.8 Å². The van der Waals surface area contributed by atoms with E-state index in [1.54, 1.807) is 41.0 Å². The molecule has 0 spiro atoms. The Labute approximate surface area is 240 Å². The lowest BCUT2D eigenvalue weighted by Gasteiger charge is -2.18. The molecule has 4 heterocycles. The van der Waals surface area contributed by atoms with Gasteiger partial charge in [-0.1, -0.05) is 23.7 Å². The molecule has 16 heteroatoms. The molecule has 2 unspecified atom stereocenters. The summed E-state index contributed by atoms with van der Waals surface area (Å²) >= 11 is 3.98. The first-order chi connectivity index (χ1) is 19.8. The van der Waals surface area contributed by atoms with Crippen molar-refractivity contribution in [3.05, 3.63) is 71.3 Å². The molecular formula is C25H22ClFN8O5S. The highest BCUT2D eigenvalue weighted by molar-refractivity contribution is 7.77. The van der Waals surface area contributed by atoms with Crippen molar-refractivity contribution in [2.45, 2.75) is 13.0 Å². The number of halogens is 2. The highest BCUT2D eigenvalue weighted by atomic mass is 35.5. The molecular weight excluding hydrogens is 579 g/mol. The van der Waals surface area contributed by atoms with Gasteiger partial charge < -0.3 is 14.2 Å². The number of fused-ring (bicyclic) bond motifs is 1. The van der Waals surface area contributed by atoms with E-state index in [-0.39, 0.29) is 28.0 Å². The Morgan fingerprint density at radius 2 is 1.73 bits per heavy atom. The van der Waals surface area contributed by atoms with Crippen LogP contribution in [-0.2, 0) is 11.3 Å². The zero-order valence-electron chi connectivity index (χ0n) is 21.8. The highest BCUT2D eigenvalue weighted by Gasteiger charge is 2.29. The van der Waals surface area contributed by atoms with Gasteiger partial charge in [0.05, 0.1) is 33.2 Å². The fourth-order valence-electron chi connectivity index (χ4n) is 4.08.